The van der Waals surface area contributed by atoms with Crippen molar-refractivity contribution in [3.8, 4) is 0 Å². The maximum absolute atomic E-state index is 12.4. The predicted molar refractivity (Wildman–Crippen MR) is 96.7 cm³/mol. The number of nitrogens with zero attached hydrogens (tertiary/aromatic N) is 1. The van der Waals surface area contributed by atoms with Gasteiger partial charge in [0, 0.05) is 23.5 Å². The lowest BCUT2D eigenvalue weighted by Crippen LogP contribution is -2.17. The van der Waals surface area contributed by atoms with E-state index in [0.717, 1.165) is 24.0 Å². The number of carbonyl (C=O) groups is 2. The topological polar surface area (TPSA) is 108 Å². The smallest absolute Gasteiger partial charge is 0.338 e. The molecule has 1 heterocycles. The van der Waals surface area contributed by atoms with Crippen LogP contribution in [0.15, 0.2) is 29.2 Å². The Balaban J connectivity index is 2.18. The molecule has 0 atom stereocenters. The molecule has 1 aromatic heterocycles. The summed E-state index contributed by atoms with van der Waals surface area (Å²) in [6.45, 7) is 7.68. The average molecular weight is 378 g/mol. The van der Waals surface area contributed by atoms with Gasteiger partial charge in [0.25, 0.3) is 0 Å². The molecule has 0 amide bonds. The molecule has 2 rings (SSSR count). The van der Waals surface area contributed by atoms with Crippen LogP contribution >= 0.6 is 0 Å². The molecule has 2 N–H and O–H groups in total. The number of esters is 1. The van der Waals surface area contributed by atoms with Gasteiger partial charge in [-0.05, 0) is 51.5 Å². The second-order valence-electron chi connectivity index (χ2n) is 6.05. The molecule has 0 fully saturated rings. The molecule has 0 saturated carbocycles. The number of ketones is 1. The van der Waals surface area contributed by atoms with E-state index >= 15 is 0 Å². The van der Waals surface area contributed by atoms with Gasteiger partial charge < -0.3 is 9.30 Å². The SMILES string of the molecule is CCn1c(C)cc(C(=O)COC(=O)c2cc(S(N)(=O)=O)ccc2C)c1C. The van der Waals surface area contributed by atoms with Gasteiger partial charge in [-0.2, -0.15) is 0 Å². The zero-order chi connectivity index (χ0) is 19.6. The van der Waals surface area contributed by atoms with Gasteiger partial charge in [0.2, 0.25) is 15.8 Å². The molecular weight excluding hydrogens is 356 g/mol. The molecule has 2 aromatic rings. The molecule has 0 spiro atoms. The fourth-order valence-electron chi connectivity index (χ4n) is 2.85. The van der Waals surface area contributed by atoms with Gasteiger partial charge in [0.05, 0.1) is 10.5 Å². The summed E-state index contributed by atoms with van der Waals surface area (Å²) in [4.78, 5) is 24.5. The zero-order valence-corrected chi connectivity index (χ0v) is 16.0. The average Bonchev–Trinajstić information content (AvgIpc) is 2.85. The van der Waals surface area contributed by atoms with Crippen LogP contribution in [0.1, 0.15) is 44.6 Å². The van der Waals surface area contributed by atoms with Crippen molar-refractivity contribution in [1.29, 1.82) is 0 Å². The fourth-order valence-corrected chi connectivity index (χ4v) is 3.39. The van der Waals surface area contributed by atoms with E-state index in [1.54, 1.807) is 13.0 Å². The van der Waals surface area contributed by atoms with Crippen molar-refractivity contribution in [2.24, 2.45) is 5.14 Å². The number of aryl methyl sites for hydroxylation is 2. The van der Waals surface area contributed by atoms with Crippen molar-refractivity contribution < 1.29 is 22.7 Å². The second-order valence-corrected chi connectivity index (χ2v) is 7.61. The van der Waals surface area contributed by atoms with Gasteiger partial charge in [-0.3, -0.25) is 4.79 Å². The van der Waals surface area contributed by atoms with E-state index in [4.69, 9.17) is 9.88 Å². The fraction of sp³-hybridized carbons (Fsp3) is 0.333. The molecule has 0 aliphatic heterocycles. The number of primary sulfonamides is 1. The lowest BCUT2D eigenvalue weighted by atomic mass is 10.1. The Kier molecular flexibility index (Phi) is 5.68. The monoisotopic (exact) mass is 378 g/mol. The van der Waals surface area contributed by atoms with Crippen molar-refractivity contribution in [2.75, 3.05) is 6.61 Å². The number of Topliss-reactive ketones (excluding diaryl/α,β-unsaturated/α-hetero) is 1. The summed E-state index contributed by atoms with van der Waals surface area (Å²) >= 11 is 0. The van der Waals surface area contributed by atoms with Crippen molar-refractivity contribution in [2.45, 2.75) is 39.1 Å². The summed E-state index contributed by atoms with van der Waals surface area (Å²) in [5.74, 6) is -1.09. The van der Waals surface area contributed by atoms with Gasteiger partial charge in [0.1, 0.15) is 0 Å². The lowest BCUT2D eigenvalue weighted by Gasteiger charge is -2.09. The quantitative estimate of drug-likeness (QED) is 0.612. The first-order chi connectivity index (χ1) is 12.1. The molecule has 0 radical (unpaired) electrons. The van der Waals surface area contributed by atoms with Gasteiger partial charge in [-0.25, -0.2) is 18.4 Å². The van der Waals surface area contributed by atoms with Crippen LogP contribution in [-0.2, 0) is 21.3 Å². The van der Waals surface area contributed by atoms with Crippen molar-refractivity contribution in [1.82, 2.24) is 4.57 Å². The van der Waals surface area contributed by atoms with Crippen LogP contribution in [0.2, 0.25) is 0 Å². The molecule has 0 aliphatic carbocycles. The molecule has 1 aromatic carbocycles. The molecule has 0 bridgehead atoms. The Morgan fingerprint density at radius 2 is 1.77 bits per heavy atom. The Hall–Kier alpha value is -2.45. The minimum absolute atomic E-state index is 0.0587. The number of aromatic nitrogens is 1. The summed E-state index contributed by atoms with van der Waals surface area (Å²) < 4.78 is 30.0. The molecule has 8 heteroatoms. The second kappa shape index (κ2) is 7.43. The standard InChI is InChI=1S/C18H22N2O5S/c1-5-20-12(3)8-16(13(20)4)17(21)10-25-18(22)15-9-14(26(19,23)24)7-6-11(15)2/h6-9H,5,10H2,1-4H3,(H2,19,23,24). The summed E-state index contributed by atoms with van der Waals surface area (Å²) in [5.41, 5.74) is 2.87. The number of carbonyl (C=O) groups excluding carboxylic acids is 2. The molecule has 26 heavy (non-hydrogen) atoms. The van der Waals surface area contributed by atoms with Crippen LogP contribution in [0.25, 0.3) is 0 Å². The van der Waals surface area contributed by atoms with Crippen LogP contribution in [0.5, 0.6) is 0 Å². The van der Waals surface area contributed by atoms with E-state index in [2.05, 4.69) is 0 Å². The maximum atomic E-state index is 12.4. The van der Waals surface area contributed by atoms with Crippen molar-refractivity contribution >= 4 is 21.8 Å². The highest BCUT2D eigenvalue weighted by molar-refractivity contribution is 7.89. The number of hydrogen-bond donors (Lipinski definition) is 1. The molecule has 0 aliphatic rings. The summed E-state index contributed by atoms with van der Waals surface area (Å²) in [7, 11) is -3.94. The Labute approximate surface area is 152 Å². The van der Waals surface area contributed by atoms with Gasteiger partial charge in [-0.1, -0.05) is 6.07 Å². The summed E-state index contributed by atoms with van der Waals surface area (Å²) in [5, 5.41) is 5.08. The van der Waals surface area contributed by atoms with Crippen LogP contribution in [0, 0.1) is 20.8 Å². The number of sulfonamides is 1. The summed E-state index contributed by atoms with van der Waals surface area (Å²) in [6.07, 6.45) is 0. The highest BCUT2D eigenvalue weighted by Crippen LogP contribution is 2.18. The summed E-state index contributed by atoms with van der Waals surface area (Å²) in [6, 6.07) is 5.70. The lowest BCUT2D eigenvalue weighted by molar-refractivity contribution is 0.0473. The van der Waals surface area contributed by atoms with Crippen molar-refractivity contribution in [3.63, 3.8) is 0 Å². The van der Waals surface area contributed by atoms with E-state index < -0.39 is 22.6 Å². The third kappa shape index (κ3) is 4.03. The highest BCUT2D eigenvalue weighted by Gasteiger charge is 2.19. The van der Waals surface area contributed by atoms with Crippen LogP contribution in [0.3, 0.4) is 0 Å². The van der Waals surface area contributed by atoms with Crippen LogP contribution in [0.4, 0.5) is 0 Å². The number of rotatable bonds is 6. The first kappa shape index (κ1) is 19.9. The van der Waals surface area contributed by atoms with E-state index in [0.29, 0.717) is 11.1 Å². The third-order valence-electron chi connectivity index (χ3n) is 4.28. The first-order valence-corrected chi connectivity index (χ1v) is 9.61. The van der Waals surface area contributed by atoms with Crippen LogP contribution < -0.4 is 5.14 Å². The van der Waals surface area contributed by atoms with Crippen molar-refractivity contribution in [3.05, 3.63) is 52.3 Å². The third-order valence-corrected chi connectivity index (χ3v) is 5.19. The van der Waals surface area contributed by atoms with Gasteiger partial charge >= 0.3 is 5.97 Å². The largest absolute Gasteiger partial charge is 0.454 e. The van der Waals surface area contributed by atoms with E-state index in [1.807, 2.05) is 25.3 Å². The number of hydrogen-bond acceptors (Lipinski definition) is 5. The van der Waals surface area contributed by atoms with Gasteiger partial charge in [-0.15, -0.1) is 0 Å². The molecule has 140 valence electrons. The molecule has 0 saturated heterocycles. The maximum Gasteiger partial charge on any atom is 0.338 e. The zero-order valence-electron chi connectivity index (χ0n) is 15.2. The molecular formula is C18H22N2O5S. The van der Waals surface area contributed by atoms with E-state index in [-0.39, 0.29) is 16.2 Å². The van der Waals surface area contributed by atoms with E-state index in [9.17, 15) is 18.0 Å². The molecule has 0 unspecified atom stereocenters. The number of benzene rings is 1. The van der Waals surface area contributed by atoms with Gasteiger partial charge in [0.15, 0.2) is 6.61 Å². The minimum atomic E-state index is -3.94. The first-order valence-electron chi connectivity index (χ1n) is 8.06. The highest BCUT2D eigenvalue weighted by atomic mass is 32.2. The Morgan fingerprint density at radius 3 is 2.31 bits per heavy atom. The normalized spacial score (nSPS) is 11.4. The molecule has 7 nitrogen and oxygen atoms in total. The van der Waals surface area contributed by atoms with Crippen LogP contribution in [-0.4, -0.2) is 31.3 Å². The Bertz CT molecular complexity index is 974. The number of nitrogens with two attached hydrogens (primary N) is 1. The predicted octanol–water partition coefficient (Wildman–Crippen LogP) is 2.12. The minimum Gasteiger partial charge on any atom is -0.454 e. The number of ether oxygens (including phenoxy) is 1. The Morgan fingerprint density at radius 1 is 1.12 bits per heavy atom. The van der Waals surface area contributed by atoms with E-state index in [1.165, 1.54) is 12.1 Å².